The van der Waals surface area contributed by atoms with Gasteiger partial charge in [-0.15, -0.1) is 24.8 Å². The molecule has 0 spiro atoms. The van der Waals surface area contributed by atoms with Gasteiger partial charge in [0, 0.05) is 0 Å². The molecule has 0 fully saturated rings. The summed E-state index contributed by atoms with van der Waals surface area (Å²) in [6, 6.07) is 49.6. The Balaban J connectivity index is 0.00000201. The second-order valence-electron chi connectivity index (χ2n) is 14.6. The van der Waals surface area contributed by atoms with E-state index >= 15 is 0 Å². The van der Waals surface area contributed by atoms with Crippen molar-refractivity contribution in [3.05, 3.63) is 172 Å². The van der Waals surface area contributed by atoms with Crippen molar-refractivity contribution in [1.29, 1.82) is 0 Å². The van der Waals surface area contributed by atoms with Crippen LogP contribution in [0, 0.1) is 6.92 Å². The van der Waals surface area contributed by atoms with Gasteiger partial charge < -0.3 is 0 Å². The van der Waals surface area contributed by atoms with Crippen LogP contribution in [0.5, 0.6) is 0 Å². The van der Waals surface area contributed by atoms with Crippen molar-refractivity contribution in [2.45, 2.75) is 30.4 Å². The molecule has 2 unspecified atom stereocenters. The first kappa shape index (κ1) is 34.6. The van der Waals surface area contributed by atoms with Crippen molar-refractivity contribution in [3.8, 4) is 22.3 Å². The molecule has 8 rings (SSSR count). The Kier molecular flexibility index (Phi) is 9.29. The molecule has 2 atom stereocenters. The number of halogens is 2. The van der Waals surface area contributed by atoms with Crippen LogP contribution in [0.3, 0.4) is 0 Å². The summed E-state index contributed by atoms with van der Waals surface area (Å²) in [6.45, 7) is 7.21. The van der Waals surface area contributed by atoms with E-state index in [2.05, 4.69) is 176 Å². The molecule has 4 heteroatoms. The summed E-state index contributed by atoms with van der Waals surface area (Å²) < 4.78 is 6.36. The van der Waals surface area contributed by atoms with Crippen molar-refractivity contribution in [1.82, 2.24) is 0 Å². The summed E-state index contributed by atoms with van der Waals surface area (Å²) in [5.74, 6) is 0. The molecule has 0 radical (unpaired) electrons. The third kappa shape index (κ3) is 5.46. The van der Waals surface area contributed by atoms with Gasteiger partial charge in [0.15, 0.2) is 0 Å². The maximum Gasteiger partial charge on any atom is -0.147 e. The van der Waals surface area contributed by atoms with Crippen LogP contribution in [-0.4, -0.2) is 6.88 Å². The van der Waals surface area contributed by atoms with E-state index < -0.39 is 17.4 Å². The Morgan fingerprint density at radius 3 is 1.77 bits per heavy atom. The summed E-state index contributed by atoms with van der Waals surface area (Å²) >= 11 is -3.88. The summed E-state index contributed by atoms with van der Waals surface area (Å²) in [7, 11) is 0. The number of aryl methyl sites for hydroxylation is 1. The van der Waals surface area contributed by atoms with E-state index in [-0.39, 0.29) is 24.8 Å². The van der Waals surface area contributed by atoms with Gasteiger partial charge in [-0.2, -0.15) is 0 Å². The Labute approximate surface area is 300 Å². The van der Waals surface area contributed by atoms with Crippen LogP contribution in [0.2, 0.25) is 9.26 Å². The summed E-state index contributed by atoms with van der Waals surface area (Å²) in [6.07, 6.45) is 5.13. The van der Waals surface area contributed by atoms with Crippen LogP contribution in [0.15, 0.2) is 139 Å². The van der Waals surface area contributed by atoms with Crippen molar-refractivity contribution in [3.63, 3.8) is 0 Å². The first-order chi connectivity index (χ1) is 22.2. The van der Waals surface area contributed by atoms with Gasteiger partial charge in [-0.1, -0.05) is 0 Å². The third-order valence-electron chi connectivity index (χ3n) is 10.8. The summed E-state index contributed by atoms with van der Waals surface area (Å²) in [5.41, 5.74) is 17.1. The van der Waals surface area contributed by atoms with Crippen LogP contribution in [0.1, 0.15) is 47.6 Å². The SMILES string of the molecule is CC1=Cc2c(-c3ccccc3)ccc(C)c2[CH]1[Zr]([CH3])([CH3])(=[SiH2])[CH]1C(c2cccc3ccccc23)=Cc2c(-c3ccccc3)cccc21.Cl.Cl. The molecular weight excluding hydrogens is 719 g/mol. The second kappa shape index (κ2) is 12.9. The molecule has 240 valence electrons. The number of rotatable bonds is 5. The standard InChI is InChI=1S/C25H17.C17H15.2CH3.2ClH.H2Si.Zr/c1-2-8-18(9-3-1)23-14-7-12-20-16-21(17-25(20)23)24-15-6-11-19-10-4-5-13-22(19)24;1-12-10-16-13(2)8-9-15(17(16)11-12)14-6-4-3-5-7-14;;;;;;/h1-17H;3-11H,1-2H3;2*1H3;2*1H;1H2;. The van der Waals surface area contributed by atoms with Crippen LogP contribution >= 0.6 is 24.8 Å². The van der Waals surface area contributed by atoms with Gasteiger partial charge >= 0.3 is 278 Å². The fraction of sp³-hybridized carbons (Fsp3) is 0.136. The smallest absolute Gasteiger partial charge is 0.147 e. The van der Waals surface area contributed by atoms with Gasteiger partial charge in [-0.3, -0.25) is 0 Å². The van der Waals surface area contributed by atoms with E-state index in [1.807, 2.05) is 0 Å². The van der Waals surface area contributed by atoms with Gasteiger partial charge in [-0.25, -0.2) is 0 Å². The van der Waals surface area contributed by atoms with Crippen molar-refractivity contribution in [2.24, 2.45) is 0 Å². The van der Waals surface area contributed by atoms with Gasteiger partial charge in [0.1, 0.15) is 0 Å². The molecule has 2 aliphatic rings. The monoisotopic (exact) mass is 758 g/mol. The molecular formula is C44H42Cl2SiZr. The quantitative estimate of drug-likeness (QED) is 0.154. The molecule has 0 nitrogen and oxygen atoms in total. The fourth-order valence-electron chi connectivity index (χ4n) is 9.08. The third-order valence-corrected chi connectivity index (χ3v) is 28.4. The average molecular weight is 761 g/mol. The molecule has 0 amide bonds. The zero-order valence-electron chi connectivity index (χ0n) is 28.0. The number of fused-ring (bicyclic) bond motifs is 3. The topological polar surface area (TPSA) is 0 Å². The number of allylic oxidation sites excluding steroid dienone is 2. The molecule has 0 heterocycles. The molecule has 0 saturated heterocycles. The molecule has 2 aliphatic carbocycles. The second-order valence-corrected chi connectivity index (χ2v) is 45.1. The Bertz CT molecular complexity index is 2310. The number of hydrogen-bond donors (Lipinski definition) is 0. The van der Waals surface area contributed by atoms with Crippen molar-refractivity contribution in [2.75, 3.05) is 0 Å². The zero-order chi connectivity index (χ0) is 31.7. The Hall–Kier alpha value is -3.26. The van der Waals surface area contributed by atoms with Gasteiger partial charge in [-0.05, 0) is 0 Å². The Morgan fingerprint density at radius 2 is 1.08 bits per heavy atom. The predicted molar refractivity (Wildman–Crippen MR) is 214 cm³/mol. The maximum absolute atomic E-state index is 3.88. The van der Waals surface area contributed by atoms with E-state index in [1.165, 1.54) is 72.0 Å². The number of benzene rings is 6. The maximum atomic E-state index is 2.76. The molecule has 0 aromatic heterocycles. The molecule has 6 aromatic carbocycles. The van der Waals surface area contributed by atoms with E-state index in [9.17, 15) is 0 Å². The van der Waals surface area contributed by atoms with Gasteiger partial charge in [0.25, 0.3) is 0 Å². The van der Waals surface area contributed by atoms with E-state index in [4.69, 9.17) is 0 Å². The van der Waals surface area contributed by atoms with E-state index in [0.717, 1.165) is 0 Å². The molecule has 0 saturated carbocycles. The normalized spacial score (nSPS) is 16.7. The van der Waals surface area contributed by atoms with Crippen molar-refractivity contribution >= 4 is 60.2 Å². The number of hydrogen-bond acceptors (Lipinski definition) is 0. The van der Waals surface area contributed by atoms with Gasteiger partial charge in [0.05, 0.1) is 0 Å². The van der Waals surface area contributed by atoms with Crippen LogP contribution in [0.25, 0.3) is 50.8 Å². The fourth-order valence-corrected chi connectivity index (χ4v) is 29.0. The molecule has 0 N–H and O–H groups in total. The van der Waals surface area contributed by atoms with E-state index in [0.29, 0.717) is 7.25 Å². The molecule has 0 bridgehead atoms. The van der Waals surface area contributed by atoms with E-state index in [1.54, 1.807) is 5.56 Å². The first-order valence-electron chi connectivity index (χ1n) is 16.5. The Morgan fingerprint density at radius 1 is 0.521 bits per heavy atom. The minimum Gasteiger partial charge on any atom is -0.147 e. The van der Waals surface area contributed by atoms with Crippen LogP contribution in [-0.2, 0) is 17.4 Å². The molecule has 48 heavy (non-hydrogen) atoms. The molecule has 6 aromatic rings. The average Bonchev–Trinajstić information content (AvgIpc) is 3.65. The predicted octanol–water partition coefficient (Wildman–Crippen LogP) is 12.4. The van der Waals surface area contributed by atoms with Gasteiger partial charge in [0.2, 0.25) is 0 Å². The molecule has 0 aliphatic heterocycles. The van der Waals surface area contributed by atoms with Crippen molar-refractivity contribution < 1.29 is 17.4 Å². The first-order valence-corrected chi connectivity index (χ1v) is 30.2. The minimum atomic E-state index is -3.88. The zero-order valence-corrected chi connectivity index (χ0v) is 33.5. The summed E-state index contributed by atoms with van der Waals surface area (Å²) in [5, 5.41) is 2.66. The van der Waals surface area contributed by atoms with Crippen LogP contribution < -0.4 is 0 Å². The van der Waals surface area contributed by atoms with Crippen LogP contribution in [0.4, 0.5) is 0 Å². The minimum absolute atomic E-state index is 0. The largest absolute Gasteiger partial charge is 0.147 e. The summed E-state index contributed by atoms with van der Waals surface area (Å²) in [4.78, 5) is 0.